The van der Waals surface area contributed by atoms with Crippen LogP contribution in [-0.4, -0.2) is 53.7 Å². The number of amides is 1. The molecule has 6 nitrogen and oxygen atoms in total. The maximum Gasteiger partial charge on any atom is 0.234 e. The number of benzene rings is 1. The predicted octanol–water partition coefficient (Wildman–Crippen LogP) is 3.48. The fraction of sp³-hybridized carbons (Fsp3) is 0.348. The van der Waals surface area contributed by atoms with Crippen LogP contribution < -0.4 is 10.2 Å². The van der Waals surface area contributed by atoms with E-state index in [0.717, 1.165) is 42.2 Å². The lowest BCUT2D eigenvalue weighted by atomic mass is 10.1. The minimum Gasteiger partial charge on any atom is -0.351 e. The lowest BCUT2D eigenvalue weighted by Crippen LogP contribution is -2.43. The minimum atomic E-state index is -0.288. The molecule has 3 aromatic rings. The van der Waals surface area contributed by atoms with Crippen LogP contribution in [0, 0.1) is 5.82 Å². The van der Waals surface area contributed by atoms with Crippen LogP contribution in [-0.2, 0) is 4.79 Å². The average Bonchev–Trinajstić information content (AvgIpc) is 3.46. The molecule has 1 aliphatic rings. The zero-order valence-corrected chi connectivity index (χ0v) is 18.3. The lowest BCUT2D eigenvalue weighted by molar-refractivity contribution is -0.122. The first-order valence-electron chi connectivity index (χ1n) is 10.4. The molecule has 1 aromatic carbocycles. The largest absolute Gasteiger partial charge is 0.351 e. The topological polar surface area (TPSA) is 61.4 Å². The van der Waals surface area contributed by atoms with Crippen LogP contribution in [0.3, 0.4) is 0 Å². The van der Waals surface area contributed by atoms with Gasteiger partial charge in [-0.1, -0.05) is 18.2 Å². The summed E-state index contributed by atoms with van der Waals surface area (Å²) in [6, 6.07) is 14.1. The van der Waals surface area contributed by atoms with Gasteiger partial charge in [0, 0.05) is 30.2 Å². The predicted molar refractivity (Wildman–Crippen MR) is 121 cm³/mol. The summed E-state index contributed by atoms with van der Waals surface area (Å²) >= 11 is 1.57. The molecule has 0 spiro atoms. The zero-order valence-electron chi connectivity index (χ0n) is 17.4. The molecule has 1 aliphatic heterocycles. The Balaban J connectivity index is 1.38. The molecule has 2 atom stereocenters. The van der Waals surface area contributed by atoms with Gasteiger partial charge in [-0.15, -0.1) is 16.4 Å². The summed E-state index contributed by atoms with van der Waals surface area (Å²) in [5.41, 5.74) is 0.865. The van der Waals surface area contributed by atoms with Gasteiger partial charge in [0.1, 0.15) is 5.82 Å². The first-order valence-corrected chi connectivity index (χ1v) is 11.3. The van der Waals surface area contributed by atoms with Crippen LogP contribution in [0.25, 0.3) is 0 Å². The van der Waals surface area contributed by atoms with Crippen molar-refractivity contribution in [2.24, 2.45) is 0 Å². The molecule has 2 unspecified atom stereocenters. The Hall–Kier alpha value is -2.84. The second kappa shape index (κ2) is 9.98. The molecular formula is C23H26FN5OS. The highest BCUT2D eigenvalue weighted by Crippen LogP contribution is 2.27. The second-order valence-electron chi connectivity index (χ2n) is 7.84. The van der Waals surface area contributed by atoms with E-state index >= 15 is 0 Å². The molecule has 0 bridgehead atoms. The summed E-state index contributed by atoms with van der Waals surface area (Å²) in [7, 11) is 1.96. The summed E-state index contributed by atoms with van der Waals surface area (Å²) in [6.07, 6.45) is 3.85. The number of likely N-dealkylation sites (N-methyl/N-ethyl adjacent to an activating group) is 1. The zero-order chi connectivity index (χ0) is 21.6. The molecule has 1 amide bonds. The van der Waals surface area contributed by atoms with E-state index in [9.17, 15) is 9.18 Å². The highest BCUT2D eigenvalue weighted by Gasteiger charge is 2.27. The third-order valence-corrected chi connectivity index (χ3v) is 6.44. The molecule has 8 heteroatoms. The summed E-state index contributed by atoms with van der Waals surface area (Å²) in [5, 5.41) is 13.3. The Morgan fingerprint density at radius 2 is 2.13 bits per heavy atom. The molecule has 1 fully saturated rings. The molecule has 3 heterocycles. The number of hydrogen-bond donors (Lipinski definition) is 1. The molecule has 1 N–H and O–H groups in total. The summed E-state index contributed by atoms with van der Waals surface area (Å²) in [6.45, 7) is 2.01. The minimum absolute atomic E-state index is 0.0609. The molecule has 1 saturated heterocycles. The van der Waals surface area contributed by atoms with Crippen LogP contribution in [0.1, 0.15) is 29.3 Å². The number of nitrogens with zero attached hydrogens (tertiary/aromatic N) is 4. The standard InChI is InChI=1S/C23H26FN5OS/c1-28(15-19-5-3-13-29(19)21-7-2-12-25-27-21)16-22(30)26-23(20-6-4-14-31-20)17-8-10-18(24)11-9-17/h2,4,6-12,14,19,23H,3,5,13,15-16H2,1H3,(H,26,30). The molecule has 31 heavy (non-hydrogen) atoms. The van der Waals surface area contributed by atoms with Crippen molar-refractivity contribution in [3.8, 4) is 0 Å². The number of anilines is 1. The number of thiophene rings is 1. The Morgan fingerprint density at radius 3 is 2.84 bits per heavy atom. The monoisotopic (exact) mass is 439 g/mol. The SMILES string of the molecule is CN(CC(=O)NC(c1ccc(F)cc1)c1cccs1)CC1CCCN1c1cccnn1. The van der Waals surface area contributed by atoms with E-state index in [1.165, 1.54) is 12.1 Å². The van der Waals surface area contributed by atoms with Crippen LogP contribution in [0.4, 0.5) is 10.2 Å². The third kappa shape index (κ3) is 5.45. The molecule has 0 radical (unpaired) electrons. The number of halogens is 1. The van der Waals surface area contributed by atoms with Crippen LogP contribution in [0.5, 0.6) is 0 Å². The van der Waals surface area contributed by atoms with E-state index in [0.29, 0.717) is 6.04 Å². The van der Waals surface area contributed by atoms with Crippen molar-refractivity contribution in [1.29, 1.82) is 0 Å². The quantitative estimate of drug-likeness (QED) is 0.582. The Kier molecular flexibility index (Phi) is 6.89. The number of carbonyl (C=O) groups is 1. The van der Waals surface area contributed by atoms with Gasteiger partial charge in [-0.25, -0.2) is 4.39 Å². The van der Waals surface area contributed by atoms with Gasteiger partial charge in [0.2, 0.25) is 5.91 Å². The summed E-state index contributed by atoms with van der Waals surface area (Å²) in [4.78, 5) is 18.2. The smallest absolute Gasteiger partial charge is 0.234 e. The highest BCUT2D eigenvalue weighted by molar-refractivity contribution is 7.10. The van der Waals surface area contributed by atoms with Gasteiger partial charge in [-0.3, -0.25) is 9.69 Å². The summed E-state index contributed by atoms with van der Waals surface area (Å²) in [5.74, 6) is 0.537. The van der Waals surface area contributed by atoms with E-state index < -0.39 is 0 Å². The van der Waals surface area contributed by atoms with Gasteiger partial charge in [-0.2, -0.15) is 5.10 Å². The molecule has 162 valence electrons. The van der Waals surface area contributed by atoms with Gasteiger partial charge in [0.15, 0.2) is 5.82 Å². The summed E-state index contributed by atoms with van der Waals surface area (Å²) < 4.78 is 13.4. The average molecular weight is 440 g/mol. The molecule has 2 aromatic heterocycles. The van der Waals surface area contributed by atoms with Gasteiger partial charge in [0.05, 0.1) is 12.6 Å². The van der Waals surface area contributed by atoms with Gasteiger partial charge >= 0.3 is 0 Å². The van der Waals surface area contributed by atoms with Crippen LogP contribution >= 0.6 is 11.3 Å². The van der Waals surface area contributed by atoms with E-state index in [1.807, 2.05) is 41.6 Å². The molecule has 0 saturated carbocycles. The molecule has 0 aliphatic carbocycles. The fourth-order valence-corrected chi connectivity index (χ4v) is 4.88. The second-order valence-corrected chi connectivity index (χ2v) is 8.81. The van der Waals surface area contributed by atoms with Crippen molar-refractivity contribution in [3.63, 3.8) is 0 Å². The third-order valence-electron chi connectivity index (χ3n) is 5.50. The van der Waals surface area contributed by atoms with Crippen molar-refractivity contribution in [1.82, 2.24) is 20.4 Å². The van der Waals surface area contributed by atoms with Crippen molar-refractivity contribution in [2.75, 3.05) is 31.6 Å². The molecule has 4 rings (SSSR count). The Morgan fingerprint density at radius 1 is 1.29 bits per heavy atom. The van der Waals surface area contributed by atoms with E-state index in [2.05, 4.69) is 20.4 Å². The maximum atomic E-state index is 13.4. The number of aromatic nitrogens is 2. The number of carbonyl (C=O) groups excluding carboxylic acids is 1. The fourth-order valence-electron chi connectivity index (χ4n) is 4.08. The van der Waals surface area contributed by atoms with E-state index in [-0.39, 0.29) is 24.3 Å². The van der Waals surface area contributed by atoms with Crippen molar-refractivity contribution < 1.29 is 9.18 Å². The van der Waals surface area contributed by atoms with Crippen LogP contribution in [0.2, 0.25) is 0 Å². The van der Waals surface area contributed by atoms with Crippen LogP contribution in [0.15, 0.2) is 60.1 Å². The first-order chi connectivity index (χ1) is 15.1. The Labute approximate surface area is 185 Å². The highest BCUT2D eigenvalue weighted by atomic mass is 32.1. The van der Waals surface area contributed by atoms with E-state index in [4.69, 9.17) is 0 Å². The van der Waals surface area contributed by atoms with Gasteiger partial charge in [0.25, 0.3) is 0 Å². The number of nitrogens with one attached hydrogen (secondary N) is 1. The number of rotatable bonds is 8. The van der Waals surface area contributed by atoms with Crippen molar-refractivity contribution in [3.05, 3.63) is 76.4 Å². The van der Waals surface area contributed by atoms with E-state index in [1.54, 1.807) is 29.7 Å². The van der Waals surface area contributed by atoms with Gasteiger partial charge < -0.3 is 10.2 Å². The van der Waals surface area contributed by atoms with Crippen molar-refractivity contribution in [2.45, 2.75) is 24.9 Å². The lowest BCUT2D eigenvalue weighted by Gasteiger charge is -2.29. The van der Waals surface area contributed by atoms with Crippen molar-refractivity contribution >= 4 is 23.1 Å². The Bertz CT molecular complexity index is 967. The van der Waals surface area contributed by atoms with Gasteiger partial charge in [-0.05, 0) is 61.2 Å². The first kappa shape index (κ1) is 21.4. The maximum absolute atomic E-state index is 13.4. The normalized spacial score (nSPS) is 17.1. The molecular weight excluding hydrogens is 413 g/mol. The number of hydrogen-bond acceptors (Lipinski definition) is 6.